The van der Waals surface area contributed by atoms with Gasteiger partial charge in [-0.05, 0) is 25.7 Å². The Morgan fingerprint density at radius 3 is 0.782 bits per heavy atom. The van der Waals surface area contributed by atoms with E-state index in [9.17, 15) is 19.8 Å². The highest BCUT2D eigenvalue weighted by Crippen LogP contribution is 2.20. The average molecular weight is 1100 g/mol. The molecule has 2 unspecified atom stereocenters. The molecule has 6 heteroatoms. The molecule has 78 heavy (non-hydrogen) atoms. The van der Waals surface area contributed by atoms with Gasteiger partial charge >= 0.3 is 5.97 Å². The van der Waals surface area contributed by atoms with Crippen LogP contribution in [0, 0.1) is 0 Å². The fourth-order valence-corrected chi connectivity index (χ4v) is 11.9. The van der Waals surface area contributed by atoms with Crippen molar-refractivity contribution in [2.45, 2.75) is 437 Å². The minimum atomic E-state index is -0.663. The molecule has 2 atom stereocenters. The molecule has 0 rings (SSSR count). The molecule has 1 amide bonds. The molecule has 0 spiro atoms. The summed E-state index contributed by atoms with van der Waals surface area (Å²) >= 11 is 0. The van der Waals surface area contributed by atoms with Gasteiger partial charge in [0.2, 0.25) is 5.91 Å². The van der Waals surface area contributed by atoms with Crippen LogP contribution in [0.25, 0.3) is 0 Å². The number of hydrogen-bond donors (Lipinski definition) is 3. The topological polar surface area (TPSA) is 95.9 Å². The summed E-state index contributed by atoms with van der Waals surface area (Å²) in [4.78, 5) is 24.6. The van der Waals surface area contributed by atoms with E-state index in [1.807, 2.05) is 0 Å². The number of ether oxygens (including phenoxy) is 1. The van der Waals surface area contributed by atoms with E-state index in [4.69, 9.17) is 4.74 Å². The molecule has 0 aliphatic rings. The number of aliphatic hydroxyl groups is 2. The second-order valence-electron chi connectivity index (χ2n) is 25.3. The molecular weight excluding hydrogens is 959 g/mol. The van der Waals surface area contributed by atoms with Gasteiger partial charge in [0.15, 0.2) is 0 Å². The second kappa shape index (κ2) is 68.4. The smallest absolute Gasteiger partial charge is 0.305 e. The van der Waals surface area contributed by atoms with Gasteiger partial charge in [-0.15, -0.1) is 0 Å². The lowest BCUT2D eigenvalue weighted by Crippen LogP contribution is -2.45. The highest BCUT2D eigenvalue weighted by atomic mass is 16.5. The van der Waals surface area contributed by atoms with Crippen LogP contribution in [-0.2, 0) is 14.3 Å². The van der Waals surface area contributed by atoms with Crippen LogP contribution in [0.4, 0.5) is 0 Å². The summed E-state index contributed by atoms with van der Waals surface area (Å²) in [5, 5.41) is 23.5. The van der Waals surface area contributed by atoms with Crippen molar-refractivity contribution in [3.63, 3.8) is 0 Å². The predicted octanol–water partition coefficient (Wildman–Crippen LogP) is 23.4. The number of amides is 1. The summed E-state index contributed by atoms with van der Waals surface area (Å²) in [5.74, 6) is -0.00855. The third-order valence-electron chi connectivity index (χ3n) is 17.4. The number of unbranched alkanes of at least 4 members (excludes halogenated alkanes) is 58. The number of esters is 1. The SMILES string of the molecule is CCCCCCCCCCCCCCCCCCCCCCCCCCC(O)C(CO)NC(=O)CCCCCCCCCCCCCCCCCCCCCCCCCCCOC(=O)CCCCCCCCCCCCCC. The van der Waals surface area contributed by atoms with Crippen LogP contribution in [0.3, 0.4) is 0 Å². The van der Waals surface area contributed by atoms with Gasteiger partial charge in [-0.1, -0.05) is 386 Å². The van der Waals surface area contributed by atoms with Gasteiger partial charge in [0.1, 0.15) is 0 Å². The van der Waals surface area contributed by atoms with Crippen LogP contribution in [0.1, 0.15) is 425 Å². The summed E-state index contributed by atoms with van der Waals surface area (Å²) in [7, 11) is 0. The Morgan fingerprint density at radius 1 is 0.308 bits per heavy atom. The fourth-order valence-electron chi connectivity index (χ4n) is 11.9. The fraction of sp³-hybridized carbons (Fsp3) is 0.972. The van der Waals surface area contributed by atoms with E-state index >= 15 is 0 Å². The van der Waals surface area contributed by atoms with Gasteiger partial charge < -0.3 is 20.3 Å². The lowest BCUT2D eigenvalue weighted by atomic mass is 10.0. The third-order valence-corrected chi connectivity index (χ3v) is 17.4. The van der Waals surface area contributed by atoms with Crippen molar-refractivity contribution in [2.75, 3.05) is 13.2 Å². The highest BCUT2D eigenvalue weighted by molar-refractivity contribution is 5.76. The maximum absolute atomic E-state index is 12.6. The van der Waals surface area contributed by atoms with Gasteiger partial charge in [0, 0.05) is 12.8 Å². The normalized spacial score (nSPS) is 12.4. The van der Waals surface area contributed by atoms with Gasteiger partial charge in [-0.3, -0.25) is 9.59 Å². The molecule has 0 aliphatic carbocycles. The largest absolute Gasteiger partial charge is 0.466 e. The quantitative estimate of drug-likeness (QED) is 0.0417. The molecule has 3 N–H and O–H groups in total. The van der Waals surface area contributed by atoms with Crippen LogP contribution >= 0.6 is 0 Å². The number of aliphatic hydroxyl groups excluding tert-OH is 2. The zero-order valence-electron chi connectivity index (χ0n) is 53.4. The molecule has 466 valence electrons. The first-order valence-electron chi connectivity index (χ1n) is 36.3. The summed E-state index contributed by atoms with van der Waals surface area (Å²) in [5.41, 5.74) is 0. The average Bonchev–Trinajstić information content (AvgIpc) is 3.44. The number of carbonyl (C=O) groups is 2. The molecule has 6 nitrogen and oxygen atoms in total. The Hall–Kier alpha value is -1.14. The maximum Gasteiger partial charge on any atom is 0.305 e. The summed E-state index contributed by atoms with van der Waals surface area (Å²) < 4.78 is 5.48. The van der Waals surface area contributed by atoms with E-state index in [1.54, 1.807) is 0 Å². The van der Waals surface area contributed by atoms with Crippen molar-refractivity contribution >= 4 is 11.9 Å². The maximum atomic E-state index is 12.6. The summed E-state index contributed by atoms with van der Waals surface area (Å²) in [6.45, 7) is 5.00. The zero-order valence-corrected chi connectivity index (χ0v) is 53.4. The van der Waals surface area contributed by atoms with Crippen LogP contribution in [-0.4, -0.2) is 47.4 Å². The molecule has 0 aromatic carbocycles. The van der Waals surface area contributed by atoms with Crippen molar-refractivity contribution < 1.29 is 24.5 Å². The Kier molecular flexibility index (Phi) is 67.4. The van der Waals surface area contributed by atoms with E-state index in [-0.39, 0.29) is 18.5 Å². The van der Waals surface area contributed by atoms with Gasteiger partial charge in [-0.2, -0.15) is 0 Å². The highest BCUT2D eigenvalue weighted by Gasteiger charge is 2.20. The summed E-state index contributed by atoms with van der Waals surface area (Å²) in [6.07, 6.45) is 83.0. The number of carbonyl (C=O) groups excluding carboxylic acids is 2. The lowest BCUT2D eigenvalue weighted by molar-refractivity contribution is -0.143. The summed E-state index contributed by atoms with van der Waals surface area (Å²) in [6, 6.07) is -0.540. The molecule has 0 bridgehead atoms. The standard InChI is InChI=1S/C72H143NO5/c1-3-5-7-9-11-13-15-17-18-19-20-21-22-26-29-32-35-38-41-44-48-52-56-60-64-70(75)69(68-74)73-71(76)65-61-57-53-49-45-42-39-36-33-30-27-24-23-25-28-31-34-37-40-43-47-51-55-59-63-67-78-72(77)66-62-58-54-50-46-16-14-12-10-8-6-4-2/h69-70,74-75H,3-68H2,1-2H3,(H,73,76). The molecular formula is C72H143NO5. The Morgan fingerprint density at radius 2 is 0.526 bits per heavy atom. The van der Waals surface area contributed by atoms with Gasteiger partial charge in [0.05, 0.1) is 25.4 Å². The molecule has 0 heterocycles. The molecule has 0 aliphatic heterocycles. The van der Waals surface area contributed by atoms with Crippen molar-refractivity contribution in [1.82, 2.24) is 5.32 Å². The van der Waals surface area contributed by atoms with E-state index in [0.717, 1.165) is 38.5 Å². The molecule has 0 radical (unpaired) electrons. The minimum Gasteiger partial charge on any atom is -0.466 e. The van der Waals surface area contributed by atoms with Gasteiger partial charge in [0.25, 0.3) is 0 Å². The van der Waals surface area contributed by atoms with Crippen molar-refractivity contribution in [3.05, 3.63) is 0 Å². The molecule has 0 fully saturated rings. The Bertz CT molecular complexity index is 1130. The first-order valence-corrected chi connectivity index (χ1v) is 36.3. The van der Waals surface area contributed by atoms with E-state index < -0.39 is 12.1 Å². The zero-order chi connectivity index (χ0) is 56.4. The van der Waals surface area contributed by atoms with E-state index in [0.29, 0.717) is 25.9 Å². The van der Waals surface area contributed by atoms with Gasteiger partial charge in [-0.25, -0.2) is 0 Å². The lowest BCUT2D eigenvalue weighted by Gasteiger charge is -2.22. The van der Waals surface area contributed by atoms with Crippen LogP contribution < -0.4 is 5.32 Å². The van der Waals surface area contributed by atoms with Crippen LogP contribution in [0.5, 0.6) is 0 Å². The molecule has 0 aromatic rings. The van der Waals surface area contributed by atoms with E-state index in [2.05, 4.69) is 19.2 Å². The molecule has 0 saturated heterocycles. The molecule has 0 aromatic heterocycles. The Balaban J connectivity index is 3.36. The number of hydrogen-bond acceptors (Lipinski definition) is 5. The number of rotatable bonds is 69. The van der Waals surface area contributed by atoms with E-state index in [1.165, 1.54) is 353 Å². The number of nitrogens with one attached hydrogen (secondary N) is 1. The van der Waals surface area contributed by atoms with Crippen molar-refractivity contribution in [1.29, 1.82) is 0 Å². The van der Waals surface area contributed by atoms with Crippen molar-refractivity contribution in [2.24, 2.45) is 0 Å². The Labute approximate surface area is 489 Å². The molecule has 0 saturated carbocycles. The third kappa shape index (κ3) is 64.0. The monoisotopic (exact) mass is 1100 g/mol. The second-order valence-corrected chi connectivity index (χ2v) is 25.3. The van der Waals surface area contributed by atoms with Crippen LogP contribution in [0.15, 0.2) is 0 Å². The first kappa shape index (κ1) is 76.9. The predicted molar refractivity (Wildman–Crippen MR) is 343 cm³/mol. The van der Waals surface area contributed by atoms with Crippen molar-refractivity contribution in [3.8, 4) is 0 Å². The minimum absolute atomic E-state index is 0.0186. The first-order chi connectivity index (χ1) is 38.5. The van der Waals surface area contributed by atoms with Crippen LogP contribution in [0.2, 0.25) is 0 Å².